The van der Waals surface area contributed by atoms with Gasteiger partial charge in [0.25, 0.3) is 5.91 Å². The zero-order chi connectivity index (χ0) is 12.8. The van der Waals surface area contributed by atoms with Gasteiger partial charge >= 0.3 is 0 Å². The highest BCUT2D eigenvalue weighted by Crippen LogP contribution is 2.18. The predicted molar refractivity (Wildman–Crippen MR) is 69.4 cm³/mol. The van der Waals surface area contributed by atoms with Crippen LogP contribution in [0.25, 0.3) is 0 Å². The molecule has 1 amide bonds. The van der Waals surface area contributed by atoms with Crippen molar-refractivity contribution in [2.75, 3.05) is 6.61 Å². The average molecular weight is 235 g/mol. The Balaban J connectivity index is 2.81. The Morgan fingerprint density at radius 1 is 1.29 bits per heavy atom. The molecule has 1 N–H and O–H groups in total. The number of nitrogens with one attached hydrogen (secondary N) is 1. The lowest BCUT2D eigenvalue weighted by Crippen LogP contribution is -2.36. The third-order valence-corrected chi connectivity index (χ3v) is 2.79. The molecule has 94 valence electrons. The van der Waals surface area contributed by atoms with E-state index in [9.17, 15) is 4.79 Å². The third kappa shape index (κ3) is 3.77. The molecule has 0 unspecified atom stereocenters. The molecule has 0 aromatic heterocycles. The first kappa shape index (κ1) is 13.6. The van der Waals surface area contributed by atoms with Gasteiger partial charge in [0.15, 0.2) is 0 Å². The third-order valence-electron chi connectivity index (χ3n) is 2.79. The van der Waals surface area contributed by atoms with E-state index in [1.54, 1.807) is 6.07 Å². The molecule has 0 saturated carbocycles. The monoisotopic (exact) mass is 235 g/mol. The van der Waals surface area contributed by atoms with Crippen molar-refractivity contribution in [1.82, 2.24) is 5.32 Å². The summed E-state index contributed by atoms with van der Waals surface area (Å²) in [7, 11) is 0. The molecule has 0 aliphatic rings. The summed E-state index contributed by atoms with van der Waals surface area (Å²) in [5.41, 5.74) is 0.599. The molecule has 0 saturated heterocycles. The molecule has 17 heavy (non-hydrogen) atoms. The number of carbonyl (C=O) groups excluding carboxylic acids is 1. The molecule has 1 aromatic carbocycles. The van der Waals surface area contributed by atoms with Crippen molar-refractivity contribution >= 4 is 5.91 Å². The minimum atomic E-state index is -0.0738. The van der Waals surface area contributed by atoms with Crippen LogP contribution in [0.2, 0.25) is 0 Å². The molecule has 3 heteroatoms. The highest BCUT2D eigenvalue weighted by Gasteiger charge is 2.15. The zero-order valence-corrected chi connectivity index (χ0v) is 11.0. The molecule has 0 aliphatic carbocycles. The van der Waals surface area contributed by atoms with Gasteiger partial charge < -0.3 is 10.1 Å². The second kappa shape index (κ2) is 6.28. The number of para-hydroxylation sites is 1. The summed E-state index contributed by atoms with van der Waals surface area (Å²) in [5, 5.41) is 2.98. The Morgan fingerprint density at radius 2 is 1.94 bits per heavy atom. The summed E-state index contributed by atoms with van der Waals surface area (Å²) >= 11 is 0. The molecule has 1 aromatic rings. The summed E-state index contributed by atoms with van der Waals surface area (Å²) in [6, 6.07) is 7.47. The van der Waals surface area contributed by atoms with Crippen molar-refractivity contribution in [3.8, 4) is 5.75 Å². The smallest absolute Gasteiger partial charge is 0.255 e. The molecule has 0 spiro atoms. The van der Waals surface area contributed by atoms with E-state index in [0.717, 1.165) is 0 Å². The van der Waals surface area contributed by atoms with Crippen LogP contribution in [0.3, 0.4) is 0 Å². The van der Waals surface area contributed by atoms with E-state index in [4.69, 9.17) is 4.74 Å². The second-order valence-electron chi connectivity index (χ2n) is 4.44. The average Bonchev–Trinajstić information content (AvgIpc) is 2.29. The molecular formula is C14H21NO2. The van der Waals surface area contributed by atoms with Crippen molar-refractivity contribution < 1.29 is 9.53 Å². The maximum Gasteiger partial charge on any atom is 0.255 e. The molecule has 1 atom stereocenters. The van der Waals surface area contributed by atoms with Gasteiger partial charge in [0, 0.05) is 6.04 Å². The highest BCUT2D eigenvalue weighted by atomic mass is 16.5. The van der Waals surface area contributed by atoms with Gasteiger partial charge in [-0.3, -0.25) is 4.79 Å². The minimum absolute atomic E-state index is 0.0738. The fourth-order valence-electron chi connectivity index (χ4n) is 1.39. The number of benzene rings is 1. The van der Waals surface area contributed by atoms with Gasteiger partial charge in [-0.1, -0.05) is 26.0 Å². The van der Waals surface area contributed by atoms with Gasteiger partial charge in [0.2, 0.25) is 0 Å². The first-order valence-corrected chi connectivity index (χ1v) is 6.09. The molecule has 0 heterocycles. The van der Waals surface area contributed by atoms with E-state index in [0.29, 0.717) is 23.8 Å². The van der Waals surface area contributed by atoms with Gasteiger partial charge in [0.05, 0.1) is 12.2 Å². The molecule has 1 rings (SSSR count). The molecule has 0 bridgehead atoms. The van der Waals surface area contributed by atoms with Gasteiger partial charge in [-0.2, -0.15) is 0 Å². The van der Waals surface area contributed by atoms with Crippen LogP contribution >= 0.6 is 0 Å². The summed E-state index contributed by atoms with van der Waals surface area (Å²) in [6.07, 6.45) is 0. The number of carbonyl (C=O) groups is 1. The van der Waals surface area contributed by atoms with Crippen molar-refractivity contribution in [2.24, 2.45) is 5.92 Å². The van der Waals surface area contributed by atoms with Crippen LogP contribution in [0.5, 0.6) is 5.75 Å². The first-order valence-electron chi connectivity index (χ1n) is 6.09. The Bertz CT molecular complexity index is 374. The van der Waals surface area contributed by atoms with E-state index in [1.165, 1.54) is 0 Å². The molecule has 3 nitrogen and oxygen atoms in total. The van der Waals surface area contributed by atoms with Crippen molar-refractivity contribution in [3.63, 3.8) is 0 Å². The van der Waals surface area contributed by atoms with E-state index in [-0.39, 0.29) is 11.9 Å². The fourth-order valence-corrected chi connectivity index (χ4v) is 1.39. The van der Waals surface area contributed by atoms with Crippen LogP contribution in [0, 0.1) is 5.92 Å². The normalized spacial score (nSPS) is 12.3. The standard InChI is InChI=1S/C14H21NO2/c1-5-17-13-9-7-6-8-12(13)14(16)15-11(4)10(2)3/h6-11H,5H2,1-4H3,(H,15,16)/t11-/m1/s1. The maximum atomic E-state index is 12.1. The van der Waals surface area contributed by atoms with Gasteiger partial charge in [-0.05, 0) is 31.9 Å². The largest absolute Gasteiger partial charge is 0.493 e. The van der Waals surface area contributed by atoms with Crippen molar-refractivity contribution in [1.29, 1.82) is 0 Å². The van der Waals surface area contributed by atoms with Crippen LogP contribution in [-0.2, 0) is 0 Å². The van der Waals surface area contributed by atoms with Crippen LogP contribution in [0.4, 0.5) is 0 Å². The SMILES string of the molecule is CCOc1ccccc1C(=O)N[C@H](C)C(C)C. The van der Waals surface area contributed by atoms with Gasteiger partial charge in [0.1, 0.15) is 5.75 Å². The number of hydrogen-bond donors (Lipinski definition) is 1. The zero-order valence-electron chi connectivity index (χ0n) is 11.0. The van der Waals surface area contributed by atoms with Crippen LogP contribution in [0.15, 0.2) is 24.3 Å². The number of amides is 1. The van der Waals surface area contributed by atoms with Gasteiger partial charge in [-0.25, -0.2) is 0 Å². The van der Waals surface area contributed by atoms with E-state index in [1.807, 2.05) is 32.0 Å². The number of ether oxygens (including phenoxy) is 1. The number of rotatable bonds is 5. The Hall–Kier alpha value is -1.51. The molecule has 0 fully saturated rings. The summed E-state index contributed by atoms with van der Waals surface area (Å²) in [5.74, 6) is 0.983. The van der Waals surface area contributed by atoms with Crippen molar-refractivity contribution in [2.45, 2.75) is 33.7 Å². The summed E-state index contributed by atoms with van der Waals surface area (Å²) < 4.78 is 5.44. The van der Waals surface area contributed by atoms with Crippen LogP contribution < -0.4 is 10.1 Å². The molecule has 0 aliphatic heterocycles. The Labute approximate surface area is 103 Å². The Morgan fingerprint density at radius 3 is 2.53 bits per heavy atom. The predicted octanol–water partition coefficient (Wildman–Crippen LogP) is 2.86. The van der Waals surface area contributed by atoms with E-state index < -0.39 is 0 Å². The van der Waals surface area contributed by atoms with Crippen LogP contribution in [0.1, 0.15) is 38.1 Å². The van der Waals surface area contributed by atoms with E-state index in [2.05, 4.69) is 19.2 Å². The minimum Gasteiger partial charge on any atom is -0.493 e. The quantitative estimate of drug-likeness (QED) is 0.852. The van der Waals surface area contributed by atoms with Crippen LogP contribution in [-0.4, -0.2) is 18.6 Å². The number of hydrogen-bond acceptors (Lipinski definition) is 2. The Kier molecular flexibility index (Phi) is 5.01. The molecular weight excluding hydrogens is 214 g/mol. The fraction of sp³-hybridized carbons (Fsp3) is 0.500. The highest BCUT2D eigenvalue weighted by molar-refractivity contribution is 5.97. The maximum absolute atomic E-state index is 12.1. The van der Waals surface area contributed by atoms with Crippen molar-refractivity contribution in [3.05, 3.63) is 29.8 Å². The summed E-state index contributed by atoms with van der Waals surface area (Å²) in [6.45, 7) is 8.64. The summed E-state index contributed by atoms with van der Waals surface area (Å²) in [4.78, 5) is 12.1. The lowest BCUT2D eigenvalue weighted by Gasteiger charge is -2.18. The first-order chi connectivity index (χ1) is 8.06. The van der Waals surface area contributed by atoms with Gasteiger partial charge in [-0.15, -0.1) is 0 Å². The lowest BCUT2D eigenvalue weighted by molar-refractivity contribution is 0.0926. The topological polar surface area (TPSA) is 38.3 Å². The molecule has 0 radical (unpaired) electrons. The second-order valence-corrected chi connectivity index (χ2v) is 4.44. The van der Waals surface area contributed by atoms with E-state index >= 15 is 0 Å². The lowest BCUT2D eigenvalue weighted by atomic mass is 10.1.